The van der Waals surface area contributed by atoms with Crippen LogP contribution in [0.4, 0.5) is 0 Å². The zero-order valence-electron chi connectivity index (χ0n) is 12.4. The summed E-state index contributed by atoms with van der Waals surface area (Å²) in [6.45, 7) is 6.96. The predicted molar refractivity (Wildman–Crippen MR) is 78.2 cm³/mol. The van der Waals surface area contributed by atoms with Gasteiger partial charge in [0.05, 0.1) is 13.2 Å². The van der Waals surface area contributed by atoms with Crippen LogP contribution in [0.5, 0.6) is 11.5 Å². The molecular weight excluding hydrogens is 258 g/mol. The van der Waals surface area contributed by atoms with E-state index < -0.39 is 6.10 Å². The Morgan fingerprint density at radius 1 is 1.25 bits per heavy atom. The van der Waals surface area contributed by atoms with Crippen LogP contribution >= 0.6 is 0 Å². The molecule has 0 aliphatic carbocycles. The molecule has 0 saturated heterocycles. The van der Waals surface area contributed by atoms with Gasteiger partial charge in [0.15, 0.2) is 11.5 Å². The number of para-hydroxylation sites is 1. The predicted octanol–water partition coefficient (Wildman–Crippen LogP) is 1.32. The molecule has 0 saturated carbocycles. The standard InChI is InChI=1S/C15H25NO4/c1-4-19-14-7-5-6-12(8-16-11(2)3)15(14)20-10-13(18)9-17/h5-7,11,13,16-18H,4,8-10H2,1-3H3. The summed E-state index contributed by atoms with van der Waals surface area (Å²) in [5.41, 5.74) is 0.967. The van der Waals surface area contributed by atoms with Gasteiger partial charge < -0.3 is 25.0 Å². The number of aliphatic hydroxyl groups is 2. The summed E-state index contributed by atoms with van der Waals surface area (Å²) in [6, 6.07) is 6.07. The number of hydrogen-bond acceptors (Lipinski definition) is 5. The molecule has 5 heteroatoms. The highest BCUT2D eigenvalue weighted by Gasteiger charge is 2.13. The minimum Gasteiger partial charge on any atom is -0.490 e. The molecule has 20 heavy (non-hydrogen) atoms. The van der Waals surface area contributed by atoms with Crippen LogP contribution in [0, 0.1) is 0 Å². The third kappa shape index (κ3) is 5.36. The van der Waals surface area contributed by atoms with Crippen molar-refractivity contribution in [2.45, 2.75) is 39.5 Å². The molecule has 0 heterocycles. The van der Waals surface area contributed by atoms with E-state index in [4.69, 9.17) is 14.6 Å². The lowest BCUT2D eigenvalue weighted by molar-refractivity contribution is 0.0521. The fourth-order valence-corrected chi connectivity index (χ4v) is 1.68. The lowest BCUT2D eigenvalue weighted by atomic mass is 10.1. The van der Waals surface area contributed by atoms with Gasteiger partial charge in [-0.1, -0.05) is 26.0 Å². The van der Waals surface area contributed by atoms with Crippen LogP contribution in [0.1, 0.15) is 26.3 Å². The van der Waals surface area contributed by atoms with Gasteiger partial charge in [-0.25, -0.2) is 0 Å². The van der Waals surface area contributed by atoms with Crippen molar-refractivity contribution in [1.82, 2.24) is 5.32 Å². The van der Waals surface area contributed by atoms with Crippen LogP contribution < -0.4 is 14.8 Å². The Labute approximate surface area is 120 Å². The quantitative estimate of drug-likeness (QED) is 0.637. The van der Waals surface area contributed by atoms with Crippen LogP contribution in [-0.4, -0.2) is 42.2 Å². The Morgan fingerprint density at radius 3 is 2.60 bits per heavy atom. The van der Waals surface area contributed by atoms with Gasteiger partial charge in [-0.15, -0.1) is 0 Å². The van der Waals surface area contributed by atoms with Gasteiger partial charge >= 0.3 is 0 Å². The normalized spacial score (nSPS) is 12.5. The van der Waals surface area contributed by atoms with Crippen molar-refractivity contribution in [3.63, 3.8) is 0 Å². The van der Waals surface area contributed by atoms with E-state index in [1.165, 1.54) is 0 Å². The SMILES string of the molecule is CCOc1cccc(CNC(C)C)c1OCC(O)CO. The second-order valence-electron chi connectivity index (χ2n) is 4.86. The fraction of sp³-hybridized carbons (Fsp3) is 0.600. The highest BCUT2D eigenvalue weighted by Crippen LogP contribution is 2.31. The Balaban J connectivity index is 2.87. The van der Waals surface area contributed by atoms with E-state index in [2.05, 4.69) is 19.2 Å². The molecule has 1 aromatic rings. The lowest BCUT2D eigenvalue weighted by Gasteiger charge is -2.18. The van der Waals surface area contributed by atoms with E-state index in [1.807, 2.05) is 25.1 Å². The molecule has 0 radical (unpaired) electrons. The van der Waals surface area contributed by atoms with Crippen LogP contribution in [-0.2, 0) is 6.54 Å². The number of ether oxygens (including phenoxy) is 2. The maximum Gasteiger partial charge on any atom is 0.165 e. The Morgan fingerprint density at radius 2 is 2.00 bits per heavy atom. The van der Waals surface area contributed by atoms with E-state index in [1.54, 1.807) is 0 Å². The van der Waals surface area contributed by atoms with Crippen LogP contribution in [0.2, 0.25) is 0 Å². The molecule has 114 valence electrons. The van der Waals surface area contributed by atoms with Crippen molar-refractivity contribution in [2.24, 2.45) is 0 Å². The summed E-state index contributed by atoms with van der Waals surface area (Å²) in [7, 11) is 0. The van der Waals surface area contributed by atoms with Gasteiger partial charge in [0.1, 0.15) is 12.7 Å². The largest absolute Gasteiger partial charge is 0.490 e. The van der Waals surface area contributed by atoms with Gasteiger partial charge in [-0.3, -0.25) is 0 Å². The number of aliphatic hydroxyl groups excluding tert-OH is 2. The third-order valence-corrected chi connectivity index (χ3v) is 2.69. The number of benzene rings is 1. The Kier molecular flexibility index (Phi) is 7.36. The second kappa shape index (κ2) is 8.79. The topological polar surface area (TPSA) is 71.0 Å². The fourth-order valence-electron chi connectivity index (χ4n) is 1.68. The van der Waals surface area contributed by atoms with Crippen molar-refractivity contribution in [3.05, 3.63) is 23.8 Å². The average Bonchev–Trinajstić information content (AvgIpc) is 2.43. The first-order valence-electron chi connectivity index (χ1n) is 6.98. The number of hydrogen-bond donors (Lipinski definition) is 3. The summed E-state index contributed by atoms with van der Waals surface area (Å²) < 4.78 is 11.2. The van der Waals surface area contributed by atoms with E-state index in [-0.39, 0.29) is 13.2 Å². The van der Waals surface area contributed by atoms with E-state index in [0.717, 1.165) is 5.56 Å². The lowest BCUT2D eigenvalue weighted by Crippen LogP contribution is -2.24. The van der Waals surface area contributed by atoms with Crippen LogP contribution in [0.3, 0.4) is 0 Å². The van der Waals surface area contributed by atoms with Crippen molar-refractivity contribution < 1.29 is 19.7 Å². The van der Waals surface area contributed by atoms with Gasteiger partial charge in [0, 0.05) is 18.2 Å². The molecule has 0 spiro atoms. The van der Waals surface area contributed by atoms with Crippen LogP contribution in [0.15, 0.2) is 18.2 Å². The van der Waals surface area contributed by atoms with Gasteiger partial charge in [-0.2, -0.15) is 0 Å². The summed E-state index contributed by atoms with van der Waals surface area (Å²) in [4.78, 5) is 0. The molecule has 0 fully saturated rings. The molecule has 3 N–H and O–H groups in total. The third-order valence-electron chi connectivity index (χ3n) is 2.69. The molecule has 0 aliphatic rings. The minimum atomic E-state index is -0.893. The van der Waals surface area contributed by atoms with Gasteiger partial charge in [-0.05, 0) is 13.0 Å². The van der Waals surface area contributed by atoms with Crippen molar-refractivity contribution in [1.29, 1.82) is 0 Å². The van der Waals surface area contributed by atoms with Crippen molar-refractivity contribution in [3.8, 4) is 11.5 Å². The molecule has 1 unspecified atom stereocenters. The molecule has 0 bridgehead atoms. The molecule has 5 nitrogen and oxygen atoms in total. The highest BCUT2D eigenvalue weighted by atomic mass is 16.5. The average molecular weight is 283 g/mol. The first-order chi connectivity index (χ1) is 9.58. The van der Waals surface area contributed by atoms with Crippen molar-refractivity contribution >= 4 is 0 Å². The summed E-state index contributed by atoms with van der Waals surface area (Å²) in [6.07, 6.45) is -0.893. The Bertz CT molecular complexity index is 395. The number of rotatable bonds is 9. The summed E-state index contributed by atoms with van der Waals surface area (Å²) in [5, 5.41) is 21.6. The number of nitrogens with one attached hydrogen (secondary N) is 1. The minimum absolute atomic E-state index is 0.0370. The van der Waals surface area contributed by atoms with Crippen molar-refractivity contribution in [2.75, 3.05) is 19.8 Å². The van der Waals surface area contributed by atoms with E-state index >= 15 is 0 Å². The highest BCUT2D eigenvalue weighted by molar-refractivity contribution is 5.46. The smallest absolute Gasteiger partial charge is 0.165 e. The molecule has 0 amide bonds. The van der Waals surface area contributed by atoms with E-state index in [0.29, 0.717) is 30.7 Å². The van der Waals surface area contributed by atoms with E-state index in [9.17, 15) is 5.11 Å². The van der Waals surface area contributed by atoms with Gasteiger partial charge in [0.25, 0.3) is 0 Å². The maximum atomic E-state index is 9.42. The van der Waals surface area contributed by atoms with Crippen LogP contribution in [0.25, 0.3) is 0 Å². The molecule has 0 aliphatic heterocycles. The molecular formula is C15H25NO4. The first-order valence-corrected chi connectivity index (χ1v) is 6.98. The summed E-state index contributed by atoms with van der Waals surface area (Å²) >= 11 is 0. The summed E-state index contributed by atoms with van der Waals surface area (Å²) in [5.74, 6) is 1.27. The Hall–Kier alpha value is -1.30. The van der Waals surface area contributed by atoms with Gasteiger partial charge in [0.2, 0.25) is 0 Å². The maximum absolute atomic E-state index is 9.42. The monoisotopic (exact) mass is 283 g/mol. The molecule has 1 aromatic carbocycles. The zero-order valence-corrected chi connectivity index (χ0v) is 12.4. The molecule has 0 aromatic heterocycles. The molecule has 1 rings (SSSR count). The zero-order chi connectivity index (χ0) is 15.0. The first kappa shape index (κ1) is 16.8. The second-order valence-corrected chi connectivity index (χ2v) is 4.86. The molecule has 1 atom stereocenters.